The Bertz CT molecular complexity index is 344. The number of benzene rings is 1. The average molecular weight is 220 g/mol. The zero-order chi connectivity index (χ0) is 12.2. The number of Topliss-reactive ketones (excluding diaryl/α,β-unsaturated/α-hetero) is 1. The molecular formula is C14H20O2. The summed E-state index contributed by atoms with van der Waals surface area (Å²) in [6.45, 7) is 7.93. The van der Waals surface area contributed by atoms with Gasteiger partial charge in [-0.15, -0.1) is 0 Å². The predicted octanol–water partition coefficient (Wildman–Crippen LogP) is 3.39. The minimum atomic E-state index is -0.180. The number of hydrogen-bond donors (Lipinski definition) is 0. The molecule has 0 radical (unpaired) electrons. The third-order valence-corrected chi connectivity index (χ3v) is 2.14. The first kappa shape index (κ1) is 12.8. The number of carbonyl (C=O) groups excluding carboxylic acids is 1. The molecule has 0 N–H and O–H groups in total. The maximum Gasteiger partial charge on any atom is 0.136 e. The van der Waals surface area contributed by atoms with Crippen molar-refractivity contribution in [2.45, 2.75) is 46.1 Å². The second kappa shape index (κ2) is 5.15. The molecule has 88 valence electrons. The van der Waals surface area contributed by atoms with Gasteiger partial charge in [-0.3, -0.25) is 4.79 Å². The molecule has 0 spiro atoms. The van der Waals surface area contributed by atoms with Gasteiger partial charge in [0.2, 0.25) is 0 Å². The van der Waals surface area contributed by atoms with Gasteiger partial charge in [0.15, 0.2) is 0 Å². The van der Waals surface area contributed by atoms with Gasteiger partial charge < -0.3 is 4.74 Å². The fourth-order valence-corrected chi connectivity index (χ4v) is 1.38. The molecule has 0 atom stereocenters. The van der Waals surface area contributed by atoms with Gasteiger partial charge in [0.25, 0.3) is 0 Å². The second-order valence-corrected chi connectivity index (χ2v) is 4.93. The van der Waals surface area contributed by atoms with Gasteiger partial charge in [0, 0.05) is 12.8 Å². The Balaban J connectivity index is 2.64. The van der Waals surface area contributed by atoms with Gasteiger partial charge in [0.05, 0.1) is 0 Å². The number of hydrogen-bond acceptors (Lipinski definition) is 2. The van der Waals surface area contributed by atoms with Crippen LogP contribution in [0.2, 0.25) is 0 Å². The van der Waals surface area contributed by atoms with E-state index in [9.17, 15) is 4.79 Å². The van der Waals surface area contributed by atoms with Crippen LogP contribution in [0.25, 0.3) is 0 Å². The Morgan fingerprint density at radius 3 is 2.19 bits per heavy atom. The summed E-state index contributed by atoms with van der Waals surface area (Å²) in [5.41, 5.74) is 0.869. The molecule has 0 aliphatic carbocycles. The minimum absolute atomic E-state index is 0.180. The monoisotopic (exact) mass is 220 g/mol. The molecular weight excluding hydrogens is 200 g/mol. The predicted molar refractivity (Wildman–Crippen MR) is 65.8 cm³/mol. The first-order valence-electron chi connectivity index (χ1n) is 5.70. The molecule has 1 aromatic rings. The largest absolute Gasteiger partial charge is 0.488 e. The zero-order valence-corrected chi connectivity index (χ0v) is 10.5. The Kier molecular flexibility index (Phi) is 4.11. The van der Waals surface area contributed by atoms with Crippen LogP contribution in [0.3, 0.4) is 0 Å². The van der Waals surface area contributed by atoms with Crippen LogP contribution in [-0.4, -0.2) is 11.4 Å². The van der Waals surface area contributed by atoms with E-state index >= 15 is 0 Å². The third kappa shape index (κ3) is 4.47. The average Bonchev–Trinajstić information content (AvgIpc) is 2.18. The summed E-state index contributed by atoms with van der Waals surface area (Å²) in [4.78, 5) is 11.3. The molecule has 16 heavy (non-hydrogen) atoms. The number of carbonyl (C=O) groups is 1. The molecule has 2 nitrogen and oxygen atoms in total. The van der Waals surface area contributed by atoms with E-state index in [0.29, 0.717) is 12.8 Å². The first-order chi connectivity index (χ1) is 7.40. The van der Waals surface area contributed by atoms with Crippen LogP contribution in [0.5, 0.6) is 5.75 Å². The maximum absolute atomic E-state index is 11.3. The van der Waals surface area contributed by atoms with Crippen molar-refractivity contribution >= 4 is 5.78 Å². The second-order valence-electron chi connectivity index (χ2n) is 4.93. The topological polar surface area (TPSA) is 26.3 Å². The molecule has 0 aromatic heterocycles. The van der Waals surface area contributed by atoms with Gasteiger partial charge >= 0.3 is 0 Å². The van der Waals surface area contributed by atoms with Gasteiger partial charge in [-0.25, -0.2) is 0 Å². The number of rotatable bonds is 4. The highest BCUT2D eigenvalue weighted by molar-refractivity contribution is 5.80. The quantitative estimate of drug-likeness (QED) is 0.777. The molecule has 0 aliphatic rings. The van der Waals surface area contributed by atoms with Crippen LogP contribution in [0.1, 0.15) is 39.7 Å². The zero-order valence-electron chi connectivity index (χ0n) is 10.5. The first-order valence-corrected chi connectivity index (χ1v) is 5.70. The molecule has 0 saturated carbocycles. The van der Waals surface area contributed by atoms with Crippen LogP contribution >= 0.6 is 0 Å². The number of ether oxygens (including phenoxy) is 1. The maximum atomic E-state index is 11.3. The Morgan fingerprint density at radius 2 is 1.75 bits per heavy atom. The van der Waals surface area contributed by atoms with E-state index < -0.39 is 0 Å². The van der Waals surface area contributed by atoms with E-state index in [-0.39, 0.29) is 11.4 Å². The van der Waals surface area contributed by atoms with E-state index in [1.54, 1.807) is 0 Å². The van der Waals surface area contributed by atoms with Gasteiger partial charge in [-0.1, -0.05) is 19.1 Å². The molecule has 1 aromatic carbocycles. The molecule has 0 unspecified atom stereocenters. The van der Waals surface area contributed by atoms with Crippen molar-refractivity contribution in [2.75, 3.05) is 0 Å². The lowest BCUT2D eigenvalue weighted by Gasteiger charge is -2.21. The highest BCUT2D eigenvalue weighted by atomic mass is 16.5. The van der Waals surface area contributed by atoms with E-state index in [4.69, 9.17) is 4.74 Å². The van der Waals surface area contributed by atoms with Crippen molar-refractivity contribution in [1.82, 2.24) is 0 Å². The fourth-order valence-electron chi connectivity index (χ4n) is 1.38. The summed E-state index contributed by atoms with van der Waals surface area (Å²) in [7, 11) is 0. The molecule has 0 amide bonds. The summed E-state index contributed by atoms with van der Waals surface area (Å²) in [6.07, 6.45) is 1.12. The molecule has 0 heterocycles. The van der Waals surface area contributed by atoms with Crippen LogP contribution in [0.15, 0.2) is 24.3 Å². The standard InChI is InChI=1S/C14H20O2/c1-5-12(15)10-11-6-8-13(9-7-11)16-14(2,3)4/h6-9H,5,10H2,1-4H3. The van der Waals surface area contributed by atoms with Crippen molar-refractivity contribution < 1.29 is 9.53 Å². The highest BCUT2D eigenvalue weighted by Gasteiger charge is 2.11. The molecule has 0 aliphatic heterocycles. The van der Waals surface area contributed by atoms with Crippen molar-refractivity contribution in [3.05, 3.63) is 29.8 Å². The highest BCUT2D eigenvalue weighted by Crippen LogP contribution is 2.18. The Hall–Kier alpha value is -1.31. The molecule has 0 bridgehead atoms. The Labute approximate surface area is 97.6 Å². The summed E-state index contributed by atoms with van der Waals surface area (Å²) >= 11 is 0. The smallest absolute Gasteiger partial charge is 0.136 e. The van der Waals surface area contributed by atoms with Crippen molar-refractivity contribution in [2.24, 2.45) is 0 Å². The van der Waals surface area contributed by atoms with Gasteiger partial charge in [-0.2, -0.15) is 0 Å². The van der Waals surface area contributed by atoms with E-state index in [2.05, 4.69) is 0 Å². The summed E-state index contributed by atoms with van der Waals surface area (Å²) in [5, 5.41) is 0. The summed E-state index contributed by atoms with van der Waals surface area (Å²) in [6, 6.07) is 7.75. The van der Waals surface area contributed by atoms with Crippen molar-refractivity contribution in [3.63, 3.8) is 0 Å². The molecule has 2 heteroatoms. The van der Waals surface area contributed by atoms with E-state index in [1.807, 2.05) is 52.0 Å². The van der Waals surface area contributed by atoms with Gasteiger partial charge in [0.1, 0.15) is 17.1 Å². The molecule has 0 fully saturated rings. The summed E-state index contributed by atoms with van der Waals surface area (Å²) in [5.74, 6) is 1.12. The number of ketones is 1. The van der Waals surface area contributed by atoms with E-state index in [1.165, 1.54) is 0 Å². The normalized spacial score (nSPS) is 11.2. The van der Waals surface area contributed by atoms with Crippen LogP contribution < -0.4 is 4.74 Å². The summed E-state index contributed by atoms with van der Waals surface area (Å²) < 4.78 is 5.70. The van der Waals surface area contributed by atoms with Crippen LogP contribution in [0.4, 0.5) is 0 Å². The fraction of sp³-hybridized carbons (Fsp3) is 0.500. The lowest BCUT2D eigenvalue weighted by Crippen LogP contribution is -2.22. The molecule has 0 saturated heterocycles. The lowest BCUT2D eigenvalue weighted by molar-refractivity contribution is -0.118. The minimum Gasteiger partial charge on any atom is -0.488 e. The third-order valence-electron chi connectivity index (χ3n) is 2.14. The van der Waals surface area contributed by atoms with Gasteiger partial charge in [-0.05, 0) is 38.5 Å². The van der Waals surface area contributed by atoms with Crippen LogP contribution in [-0.2, 0) is 11.2 Å². The van der Waals surface area contributed by atoms with Crippen LogP contribution in [0, 0.1) is 0 Å². The molecule has 1 rings (SSSR count). The van der Waals surface area contributed by atoms with Crippen molar-refractivity contribution in [1.29, 1.82) is 0 Å². The van der Waals surface area contributed by atoms with E-state index in [0.717, 1.165) is 11.3 Å². The lowest BCUT2D eigenvalue weighted by atomic mass is 10.1. The van der Waals surface area contributed by atoms with Crippen molar-refractivity contribution in [3.8, 4) is 5.75 Å². The SMILES string of the molecule is CCC(=O)Cc1ccc(OC(C)(C)C)cc1. The Morgan fingerprint density at radius 1 is 1.19 bits per heavy atom.